The highest BCUT2D eigenvalue weighted by Crippen LogP contribution is 2.36. The van der Waals surface area contributed by atoms with Gasteiger partial charge >= 0.3 is 6.18 Å². The Morgan fingerprint density at radius 3 is 2.29 bits per heavy atom. The number of hydrogen-bond donors (Lipinski definition) is 2. The molecule has 0 heterocycles. The van der Waals surface area contributed by atoms with E-state index in [0.29, 0.717) is 4.47 Å². The first-order valence-corrected chi connectivity index (χ1v) is 9.02. The van der Waals surface area contributed by atoms with Crippen LogP contribution in [0.5, 0.6) is 0 Å². The summed E-state index contributed by atoms with van der Waals surface area (Å²) in [5.41, 5.74) is -1.77. The molecule has 0 fully saturated rings. The Kier molecular flexibility index (Phi) is 7.14. The van der Waals surface area contributed by atoms with Crippen LogP contribution < -0.4 is 4.72 Å². The van der Waals surface area contributed by atoms with E-state index in [1.807, 2.05) is 0 Å². The third-order valence-corrected chi connectivity index (χ3v) is 5.55. The molecule has 2 N–H and O–H groups in total. The topological polar surface area (TPSA) is 55.3 Å². The van der Waals surface area contributed by atoms with E-state index in [1.165, 1.54) is 18.2 Å². The van der Waals surface area contributed by atoms with Crippen molar-refractivity contribution in [2.45, 2.75) is 49.8 Å². The Labute approximate surface area is 150 Å². The van der Waals surface area contributed by atoms with Gasteiger partial charge in [0.05, 0.1) is 0 Å². The second kappa shape index (κ2) is 7.90. The van der Waals surface area contributed by atoms with Crippen LogP contribution >= 0.6 is 15.9 Å². The van der Waals surface area contributed by atoms with E-state index in [1.54, 1.807) is 26.8 Å². The van der Waals surface area contributed by atoms with E-state index in [0.717, 1.165) is 0 Å². The fourth-order valence-corrected chi connectivity index (χ4v) is 3.26. The van der Waals surface area contributed by atoms with Gasteiger partial charge in [0.25, 0.3) is 0 Å². The molecule has 0 bridgehead atoms. The van der Waals surface area contributed by atoms with Gasteiger partial charge in [0.15, 0.2) is 6.10 Å². The summed E-state index contributed by atoms with van der Waals surface area (Å²) in [5, 5.41) is 9.46. The summed E-state index contributed by atoms with van der Waals surface area (Å²) in [4.78, 5) is 0. The van der Waals surface area contributed by atoms with Crippen molar-refractivity contribution in [3.8, 4) is 0 Å². The lowest BCUT2D eigenvalue weighted by atomic mass is 9.86. The van der Waals surface area contributed by atoms with Gasteiger partial charge in [-0.3, -0.25) is 0 Å². The molecule has 0 radical (unpaired) electrons. The summed E-state index contributed by atoms with van der Waals surface area (Å²) < 4.78 is 66.9. The molecule has 24 heavy (non-hydrogen) atoms. The van der Waals surface area contributed by atoms with E-state index >= 15 is 0 Å². The molecule has 0 saturated heterocycles. The van der Waals surface area contributed by atoms with Gasteiger partial charge in [0.1, 0.15) is 17.0 Å². The van der Waals surface area contributed by atoms with E-state index in [9.17, 15) is 27.2 Å². The minimum atomic E-state index is -4.91. The number of halogens is 5. The summed E-state index contributed by atoms with van der Waals surface area (Å²) >= 11 is 1.34. The third-order valence-electron chi connectivity index (χ3n) is 3.37. The van der Waals surface area contributed by atoms with Gasteiger partial charge in [-0.2, -0.15) is 13.2 Å². The lowest BCUT2D eigenvalue weighted by Gasteiger charge is -2.37. The normalized spacial score (nSPS) is 18.1. The lowest BCUT2D eigenvalue weighted by molar-refractivity contribution is -0.210. The second-order valence-corrected chi connectivity index (χ2v) is 9.35. The van der Waals surface area contributed by atoms with Crippen molar-refractivity contribution in [3.63, 3.8) is 0 Å². The van der Waals surface area contributed by atoms with Crippen LogP contribution in [0.15, 0.2) is 28.7 Å². The molecule has 0 aromatic heterocycles. The highest BCUT2D eigenvalue weighted by molar-refractivity contribution is 9.10. The highest BCUT2D eigenvalue weighted by Gasteiger charge is 2.48. The Morgan fingerprint density at radius 2 is 1.88 bits per heavy atom. The maximum atomic E-state index is 13.9. The van der Waals surface area contributed by atoms with Gasteiger partial charge in [-0.15, -0.1) is 4.72 Å². The van der Waals surface area contributed by atoms with Gasteiger partial charge in [-0.1, -0.05) is 28.1 Å². The molecule has 0 saturated carbocycles. The van der Waals surface area contributed by atoms with Gasteiger partial charge < -0.3 is 9.66 Å². The van der Waals surface area contributed by atoms with Gasteiger partial charge in [0, 0.05) is 22.3 Å². The van der Waals surface area contributed by atoms with E-state index < -0.39 is 47.0 Å². The number of nitrogens with one attached hydrogen (secondary N) is 1. The van der Waals surface area contributed by atoms with E-state index in [2.05, 4.69) is 20.7 Å². The quantitative estimate of drug-likeness (QED) is 0.526. The van der Waals surface area contributed by atoms with Crippen LogP contribution in [0.3, 0.4) is 0 Å². The molecular formula is C15H20BrF4NO2S. The summed E-state index contributed by atoms with van der Waals surface area (Å²) in [6.45, 7) is 3.57. The van der Waals surface area contributed by atoms with Crippen molar-refractivity contribution < 1.29 is 27.2 Å². The summed E-state index contributed by atoms with van der Waals surface area (Å²) in [6.07, 6.45) is -8.65. The maximum Gasteiger partial charge on any atom is 0.414 e. The molecule has 3 nitrogen and oxygen atoms in total. The Balaban J connectivity index is 3.32. The molecule has 0 aliphatic rings. The molecule has 1 aromatic rings. The third kappa shape index (κ3) is 5.59. The fourth-order valence-electron chi connectivity index (χ4n) is 1.94. The molecule has 1 aromatic carbocycles. The highest BCUT2D eigenvalue weighted by atomic mass is 79.9. The molecule has 138 valence electrons. The molecule has 0 aliphatic heterocycles. The summed E-state index contributed by atoms with van der Waals surface area (Å²) in [6, 6.07) is 6.04. The Morgan fingerprint density at radius 1 is 1.29 bits per heavy atom. The van der Waals surface area contributed by atoms with E-state index in [-0.39, 0.29) is 5.56 Å². The van der Waals surface area contributed by atoms with Gasteiger partial charge in [-0.05, 0) is 38.5 Å². The molecule has 0 unspecified atom stereocenters. The molecule has 0 spiro atoms. The zero-order valence-corrected chi connectivity index (χ0v) is 15.9. The van der Waals surface area contributed by atoms with Crippen molar-refractivity contribution in [3.05, 3.63) is 34.3 Å². The van der Waals surface area contributed by atoms with Crippen LogP contribution in [0.1, 0.15) is 32.8 Å². The minimum absolute atomic E-state index is 0.167. The first kappa shape index (κ1) is 21.7. The monoisotopic (exact) mass is 433 g/mol. The van der Waals surface area contributed by atoms with Gasteiger partial charge in [0.2, 0.25) is 0 Å². The van der Waals surface area contributed by atoms with Crippen molar-refractivity contribution >= 4 is 27.3 Å². The zero-order chi connectivity index (χ0) is 18.8. The van der Waals surface area contributed by atoms with Crippen molar-refractivity contribution in [2.75, 3.05) is 6.67 Å². The first-order valence-electron chi connectivity index (χ1n) is 7.08. The smallest absolute Gasteiger partial charge is 0.414 e. The molecular weight excluding hydrogens is 414 g/mol. The van der Waals surface area contributed by atoms with Crippen LogP contribution in [0.2, 0.25) is 0 Å². The van der Waals surface area contributed by atoms with E-state index in [4.69, 9.17) is 0 Å². The Hall–Kier alpha value is -0.350. The standard InChI is InChI=1S/C15H20BrF4NO2S/c1-13(2,3)24(23)21-14(9-17,8-12(22)15(18,19)20)10-5-4-6-11(16)7-10/h4-7,12,21-22H,8-9H2,1-3H3/t12-,14+,24+/m0/s1. The average molecular weight is 434 g/mol. The molecule has 0 amide bonds. The molecule has 1 rings (SSSR count). The Bertz CT molecular complexity index is 529. The molecule has 9 heteroatoms. The SMILES string of the molecule is CC(C)(C)[S@@+]([O-])N[C@@](CF)(C[C@H](O)C(F)(F)F)c1cccc(Br)c1. The lowest BCUT2D eigenvalue weighted by Crippen LogP contribution is -2.55. The number of aliphatic hydroxyl groups excluding tert-OH is 1. The van der Waals surface area contributed by atoms with Crippen LogP contribution in [0.4, 0.5) is 17.6 Å². The summed E-state index contributed by atoms with van der Waals surface area (Å²) in [7, 11) is 0. The van der Waals surface area contributed by atoms with Crippen molar-refractivity contribution in [1.29, 1.82) is 0 Å². The van der Waals surface area contributed by atoms with Crippen LogP contribution in [0.25, 0.3) is 0 Å². The number of rotatable bonds is 6. The minimum Gasteiger partial charge on any atom is -0.598 e. The number of hydrogen-bond acceptors (Lipinski definition) is 3. The first-order chi connectivity index (χ1) is 10.8. The molecule has 3 atom stereocenters. The van der Waals surface area contributed by atoms with Crippen molar-refractivity contribution in [2.24, 2.45) is 0 Å². The zero-order valence-electron chi connectivity index (χ0n) is 13.5. The molecule has 0 aliphatic carbocycles. The van der Waals surface area contributed by atoms with Gasteiger partial charge in [-0.25, -0.2) is 4.39 Å². The number of aliphatic hydroxyl groups is 1. The van der Waals surface area contributed by atoms with Crippen LogP contribution in [-0.2, 0) is 16.9 Å². The summed E-state index contributed by atoms with van der Waals surface area (Å²) in [5.74, 6) is 0. The second-order valence-electron chi connectivity index (χ2n) is 6.47. The average Bonchev–Trinajstić information content (AvgIpc) is 2.44. The predicted octanol–water partition coefficient (Wildman–Crippen LogP) is 3.98. The van der Waals surface area contributed by atoms with Crippen LogP contribution in [-0.4, -0.2) is 33.4 Å². The van der Waals surface area contributed by atoms with Crippen molar-refractivity contribution in [1.82, 2.24) is 4.72 Å². The largest absolute Gasteiger partial charge is 0.598 e. The van der Waals surface area contributed by atoms with Crippen LogP contribution in [0, 0.1) is 0 Å². The maximum absolute atomic E-state index is 13.9. The predicted molar refractivity (Wildman–Crippen MR) is 89.5 cm³/mol. The fraction of sp³-hybridized carbons (Fsp3) is 0.600. The number of benzene rings is 1. The number of alkyl halides is 4.